The van der Waals surface area contributed by atoms with Crippen LogP contribution >= 0.6 is 11.8 Å². The lowest BCUT2D eigenvalue weighted by Crippen LogP contribution is -2.20. The number of thioether (sulfide) groups is 1. The maximum absolute atomic E-state index is 12.5. The monoisotopic (exact) mass is 429 g/mol. The molecule has 0 aliphatic rings. The number of aryl methyl sites for hydroxylation is 1. The summed E-state index contributed by atoms with van der Waals surface area (Å²) in [7, 11) is 0. The molecule has 154 valence electrons. The van der Waals surface area contributed by atoms with E-state index in [2.05, 4.69) is 15.3 Å². The van der Waals surface area contributed by atoms with Crippen molar-refractivity contribution in [2.45, 2.75) is 30.7 Å². The van der Waals surface area contributed by atoms with Gasteiger partial charge in [0.25, 0.3) is 11.3 Å². The van der Waals surface area contributed by atoms with Gasteiger partial charge in [-0.3, -0.25) is 9.59 Å². The standard InChI is InChI=1S/C21H17F2N3O3S/c1-11-13(19(28)26-21(24-11)30-20(22)23)7-9-18(27)25-12-6-8-17-15(10-12)14-4-2-3-5-16(14)29-17/h2-6,8,10,20H,7,9H2,1H3,(H,25,27)(H,24,26,28). The number of furan rings is 1. The fraction of sp³-hybridized carbons (Fsp3) is 0.190. The van der Waals surface area contributed by atoms with Gasteiger partial charge in [0.05, 0.1) is 0 Å². The third kappa shape index (κ3) is 4.20. The highest BCUT2D eigenvalue weighted by molar-refractivity contribution is 7.99. The van der Waals surface area contributed by atoms with E-state index in [1.54, 1.807) is 19.1 Å². The van der Waals surface area contributed by atoms with Crippen LogP contribution in [0.15, 0.2) is 56.8 Å². The molecule has 2 aromatic carbocycles. The minimum Gasteiger partial charge on any atom is -0.456 e. The van der Waals surface area contributed by atoms with E-state index in [1.807, 2.05) is 30.3 Å². The van der Waals surface area contributed by atoms with Crippen LogP contribution in [0.2, 0.25) is 0 Å². The van der Waals surface area contributed by atoms with Gasteiger partial charge in [-0.1, -0.05) is 18.2 Å². The molecule has 0 saturated carbocycles. The first-order valence-electron chi connectivity index (χ1n) is 9.16. The summed E-state index contributed by atoms with van der Waals surface area (Å²) in [5.74, 6) is -2.94. The number of benzene rings is 2. The molecule has 0 bridgehead atoms. The SMILES string of the molecule is Cc1nc(SC(F)F)[nH]c(=O)c1CCC(=O)Nc1ccc2oc3ccccc3c2c1. The van der Waals surface area contributed by atoms with Gasteiger partial charge in [0, 0.05) is 34.1 Å². The molecule has 30 heavy (non-hydrogen) atoms. The Balaban J connectivity index is 1.46. The quantitative estimate of drug-likeness (QED) is 0.337. The number of alkyl halides is 2. The minimum absolute atomic E-state index is 0.0527. The molecule has 4 aromatic rings. The molecular formula is C21H17F2N3O3S. The van der Waals surface area contributed by atoms with Crippen LogP contribution in [-0.2, 0) is 11.2 Å². The highest BCUT2D eigenvalue weighted by atomic mass is 32.2. The number of hydrogen-bond donors (Lipinski definition) is 2. The molecule has 6 nitrogen and oxygen atoms in total. The van der Waals surface area contributed by atoms with Gasteiger partial charge >= 0.3 is 0 Å². The number of nitrogens with zero attached hydrogens (tertiary/aromatic N) is 1. The zero-order chi connectivity index (χ0) is 21.3. The number of fused-ring (bicyclic) bond motifs is 3. The molecule has 2 heterocycles. The summed E-state index contributed by atoms with van der Waals surface area (Å²) in [6, 6.07) is 13.0. The smallest absolute Gasteiger partial charge is 0.291 e. The number of amides is 1. The predicted molar refractivity (Wildman–Crippen MR) is 112 cm³/mol. The van der Waals surface area contributed by atoms with Crippen LogP contribution < -0.4 is 10.9 Å². The van der Waals surface area contributed by atoms with E-state index in [9.17, 15) is 18.4 Å². The van der Waals surface area contributed by atoms with Crippen LogP contribution in [0.25, 0.3) is 21.9 Å². The van der Waals surface area contributed by atoms with Gasteiger partial charge in [-0.2, -0.15) is 8.78 Å². The third-order valence-corrected chi connectivity index (χ3v) is 5.26. The average molecular weight is 429 g/mol. The summed E-state index contributed by atoms with van der Waals surface area (Å²) in [6.07, 6.45) is 0.202. The number of aromatic amines is 1. The second-order valence-corrected chi connectivity index (χ2v) is 7.65. The predicted octanol–water partition coefficient (Wildman–Crippen LogP) is 4.86. The van der Waals surface area contributed by atoms with Crippen LogP contribution in [0.1, 0.15) is 17.7 Å². The number of carbonyl (C=O) groups excluding carboxylic acids is 1. The molecule has 0 fully saturated rings. The number of para-hydroxylation sites is 1. The maximum Gasteiger partial charge on any atom is 0.291 e. The summed E-state index contributed by atoms with van der Waals surface area (Å²) < 4.78 is 30.7. The number of anilines is 1. The molecule has 0 saturated heterocycles. The number of carbonyl (C=O) groups is 1. The summed E-state index contributed by atoms with van der Waals surface area (Å²) >= 11 is 0.177. The van der Waals surface area contributed by atoms with Crippen molar-refractivity contribution in [2.24, 2.45) is 0 Å². The fourth-order valence-corrected chi connectivity index (χ4v) is 3.80. The molecule has 2 aromatic heterocycles. The first-order valence-corrected chi connectivity index (χ1v) is 10.0. The summed E-state index contributed by atoms with van der Waals surface area (Å²) in [5.41, 5.74) is 2.24. The van der Waals surface area contributed by atoms with Crippen LogP contribution in [0.3, 0.4) is 0 Å². The number of aromatic nitrogens is 2. The van der Waals surface area contributed by atoms with E-state index >= 15 is 0 Å². The molecule has 9 heteroatoms. The Morgan fingerprint density at radius 1 is 1.20 bits per heavy atom. The Labute approximate surface area is 173 Å². The van der Waals surface area contributed by atoms with Gasteiger partial charge in [-0.05, 0) is 49.4 Å². The van der Waals surface area contributed by atoms with E-state index in [0.717, 1.165) is 21.9 Å². The Morgan fingerprint density at radius 3 is 2.73 bits per heavy atom. The normalized spacial score (nSPS) is 11.5. The van der Waals surface area contributed by atoms with Crippen molar-refractivity contribution < 1.29 is 18.0 Å². The van der Waals surface area contributed by atoms with Gasteiger partial charge < -0.3 is 14.7 Å². The van der Waals surface area contributed by atoms with E-state index in [0.29, 0.717) is 16.9 Å². The second-order valence-electron chi connectivity index (χ2n) is 6.67. The van der Waals surface area contributed by atoms with E-state index in [4.69, 9.17) is 4.42 Å². The molecule has 2 N–H and O–H groups in total. The summed E-state index contributed by atoms with van der Waals surface area (Å²) in [6.45, 7) is 1.57. The van der Waals surface area contributed by atoms with Crippen molar-refractivity contribution >= 4 is 45.3 Å². The van der Waals surface area contributed by atoms with Crippen LogP contribution in [-0.4, -0.2) is 21.6 Å². The Kier molecular flexibility index (Phi) is 5.54. The van der Waals surface area contributed by atoms with E-state index < -0.39 is 11.3 Å². The highest BCUT2D eigenvalue weighted by Gasteiger charge is 2.14. The van der Waals surface area contributed by atoms with Crippen molar-refractivity contribution in [3.63, 3.8) is 0 Å². The first-order chi connectivity index (χ1) is 14.4. The molecule has 0 atom stereocenters. The van der Waals surface area contributed by atoms with Crippen molar-refractivity contribution in [1.29, 1.82) is 0 Å². The largest absolute Gasteiger partial charge is 0.456 e. The Hall–Kier alpha value is -3.20. The van der Waals surface area contributed by atoms with E-state index in [-0.39, 0.29) is 35.7 Å². The van der Waals surface area contributed by atoms with Gasteiger partial charge in [0.1, 0.15) is 11.2 Å². The zero-order valence-electron chi connectivity index (χ0n) is 15.9. The summed E-state index contributed by atoms with van der Waals surface area (Å²) in [4.78, 5) is 30.9. The Morgan fingerprint density at radius 2 is 1.97 bits per heavy atom. The third-order valence-electron chi connectivity index (χ3n) is 4.66. The maximum atomic E-state index is 12.5. The number of nitrogens with one attached hydrogen (secondary N) is 2. The minimum atomic E-state index is -2.67. The molecule has 1 amide bonds. The lowest BCUT2D eigenvalue weighted by Gasteiger charge is -2.08. The molecule has 0 radical (unpaired) electrons. The van der Waals surface area contributed by atoms with Gasteiger partial charge in [0.15, 0.2) is 5.16 Å². The lowest BCUT2D eigenvalue weighted by molar-refractivity contribution is -0.116. The second kappa shape index (κ2) is 8.27. The van der Waals surface area contributed by atoms with Crippen molar-refractivity contribution in [2.75, 3.05) is 5.32 Å². The topological polar surface area (TPSA) is 88.0 Å². The first kappa shape index (κ1) is 20.1. The van der Waals surface area contributed by atoms with Crippen LogP contribution in [0.4, 0.5) is 14.5 Å². The zero-order valence-corrected chi connectivity index (χ0v) is 16.7. The molecule has 0 aliphatic heterocycles. The van der Waals surface area contributed by atoms with Crippen LogP contribution in [0, 0.1) is 6.92 Å². The van der Waals surface area contributed by atoms with Gasteiger partial charge in [0.2, 0.25) is 5.91 Å². The molecule has 0 spiro atoms. The Bertz CT molecular complexity index is 1300. The number of halogens is 2. The number of H-pyrrole nitrogens is 1. The van der Waals surface area contributed by atoms with Crippen molar-refractivity contribution in [3.8, 4) is 0 Å². The van der Waals surface area contributed by atoms with E-state index in [1.165, 1.54) is 0 Å². The highest BCUT2D eigenvalue weighted by Crippen LogP contribution is 2.30. The number of rotatable bonds is 6. The van der Waals surface area contributed by atoms with Gasteiger partial charge in [-0.15, -0.1) is 0 Å². The molecule has 0 unspecified atom stereocenters. The van der Waals surface area contributed by atoms with Crippen molar-refractivity contribution in [1.82, 2.24) is 9.97 Å². The molecular weight excluding hydrogens is 412 g/mol. The van der Waals surface area contributed by atoms with Gasteiger partial charge in [-0.25, -0.2) is 4.98 Å². The van der Waals surface area contributed by atoms with Crippen molar-refractivity contribution in [3.05, 3.63) is 64.1 Å². The van der Waals surface area contributed by atoms with Crippen LogP contribution in [0.5, 0.6) is 0 Å². The molecule has 4 rings (SSSR count). The number of hydrogen-bond acceptors (Lipinski definition) is 5. The lowest BCUT2D eigenvalue weighted by atomic mass is 10.1. The average Bonchev–Trinajstić information content (AvgIpc) is 3.05. The summed E-state index contributed by atoms with van der Waals surface area (Å²) in [5, 5.41) is 4.53. The fourth-order valence-electron chi connectivity index (χ4n) is 3.29. The molecule has 0 aliphatic carbocycles.